The first-order valence-electron chi connectivity index (χ1n) is 7.79. The molecule has 0 amide bonds. The lowest BCUT2D eigenvalue weighted by molar-refractivity contribution is 0.243. The Morgan fingerprint density at radius 2 is 2.14 bits per heavy atom. The topological polar surface area (TPSA) is 56.7 Å². The number of thiophene rings is 1. The molecule has 0 aliphatic carbocycles. The number of guanidine groups is 1. The molecule has 22 heavy (non-hydrogen) atoms. The zero-order chi connectivity index (χ0) is 15.5. The van der Waals surface area contributed by atoms with E-state index in [1.807, 2.05) is 0 Å². The molecule has 1 heterocycles. The molecule has 1 aromatic heterocycles. The van der Waals surface area contributed by atoms with Crippen LogP contribution in [0.4, 0.5) is 0 Å². The molecule has 128 valence electrons. The van der Waals surface area contributed by atoms with Gasteiger partial charge in [0.25, 0.3) is 0 Å². The molecule has 0 saturated heterocycles. The number of aliphatic imine (C=N–C) groups is 1. The molecule has 0 bridgehead atoms. The Bertz CT molecular complexity index is 396. The van der Waals surface area contributed by atoms with Gasteiger partial charge in [0.2, 0.25) is 0 Å². The van der Waals surface area contributed by atoms with Crippen molar-refractivity contribution in [3.05, 3.63) is 22.4 Å². The van der Waals surface area contributed by atoms with Crippen molar-refractivity contribution >= 4 is 41.3 Å². The normalized spacial score (nSPS) is 12.9. The second-order valence-electron chi connectivity index (χ2n) is 5.72. The van der Waals surface area contributed by atoms with Crippen molar-refractivity contribution in [2.24, 2.45) is 16.8 Å². The molecule has 6 heteroatoms. The standard InChI is InChI=1S/C16H29N3OS.HI/c1-4-17-16(19-11-15-6-8-21-12-15)18-10-14(5-7-20)9-13(2)3;/h6,8,12-14,20H,4-5,7,9-11H2,1-3H3,(H2,17,18,19);1H. The Morgan fingerprint density at radius 3 is 2.68 bits per heavy atom. The summed E-state index contributed by atoms with van der Waals surface area (Å²) in [5, 5.41) is 20.1. The van der Waals surface area contributed by atoms with E-state index in [9.17, 15) is 5.11 Å². The number of nitrogens with one attached hydrogen (secondary N) is 2. The van der Waals surface area contributed by atoms with E-state index in [0.29, 0.717) is 18.4 Å². The minimum atomic E-state index is 0. The maximum Gasteiger partial charge on any atom is 0.191 e. The van der Waals surface area contributed by atoms with Crippen molar-refractivity contribution in [2.75, 3.05) is 19.7 Å². The maximum atomic E-state index is 9.17. The van der Waals surface area contributed by atoms with Gasteiger partial charge in [0, 0.05) is 19.7 Å². The van der Waals surface area contributed by atoms with Crippen LogP contribution in [0.1, 0.15) is 39.2 Å². The van der Waals surface area contributed by atoms with Crippen LogP contribution in [0.5, 0.6) is 0 Å². The third-order valence-corrected chi connectivity index (χ3v) is 3.98. The number of rotatable bonds is 9. The van der Waals surface area contributed by atoms with Crippen molar-refractivity contribution in [1.82, 2.24) is 10.6 Å². The van der Waals surface area contributed by atoms with Gasteiger partial charge in [-0.1, -0.05) is 13.8 Å². The lowest BCUT2D eigenvalue weighted by Gasteiger charge is -2.20. The smallest absolute Gasteiger partial charge is 0.191 e. The molecule has 1 atom stereocenters. The van der Waals surface area contributed by atoms with Crippen molar-refractivity contribution in [3.8, 4) is 0 Å². The Balaban J connectivity index is 0.00000441. The van der Waals surface area contributed by atoms with E-state index in [0.717, 1.165) is 31.9 Å². The molecular formula is C16H30IN3OS. The number of nitrogens with zero attached hydrogens (tertiary/aromatic N) is 1. The molecule has 3 N–H and O–H groups in total. The van der Waals surface area contributed by atoms with Gasteiger partial charge in [-0.3, -0.25) is 0 Å². The van der Waals surface area contributed by atoms with Gasteiger partial charge in [-0.25, -0.2) is 4.99 Å². The Kier molecular flexibility index (Phi) is 12.9. The highest BCUT2D eigenvalue weighted by Gasteiger charge is 2.11. The number of halogens is 1. The summed E-state index contributed by atoms with van der Waals surface area (Å²) in [5.41, 5.74) is 1.24. The number of hydrogen-bond acceptors (Lipinski definition) is 3. The molecule has 1 rings (SSSR count). The third kappa shape index (κ3) is 9.63. The highest BCUT2D eigenvalue weighted by atomic mass is 127. The lowest BCUT2D eigenvalue weighted by atomic mass is 9.94. The molecule has 1 aromatic rings. The zero-order valence-corrected chi connectivity index (χ0v) is 17.0. The van der Waals surface area contributed by atoms with Crippen LogP contribution in [-0.2, 0) is 6.54 Å². The highest BCUT2D eigenvalue weighted by molar-refractivity contribution is 14.0. The molecule has 0 spiro atoms. The van der Waals surface area contributed by atoms with Crippen LogP contribution in [0.3, 0.4) is 0 Å². The molecule has 0 aliphatic rings. The first-order chi connectivity index (χ1) is 10.2. The van der Waals surface area contributed by atoms with Crippen molar-refractivity contribution in [3.63, 3.8) is 0 Å². The van der Waals surface area contributed by atoms with E-state index in [1.165, 1.54) is 5.56 Å². The summed E-state index contributed by atoms with van der Waals surface area (Å²) in [7, 11) is 0. The van der Waals surface area contributed by atoms with Gasteiger partial charge in [-0.05, 0) is 54.0 Å². The van der Waals surface area contributed by atoms with Gasteiger partial charge in [0.1, 0.15) is 0 Å². The fourth-order valence-electron chi connectivity index (χ4n) is 2.29. The van der Waals surface area contributed by atoms with Crippen LogP contribution in [0.2, 0.25) is 0 Å². The average molecular weight is 439 g/mol. The quantitative estimate of drug-likeness (QED) is 0.314. The minimum absolute atomic E-state index is 0. The third-order valence-electron chi connectivity index (χ3n) is 3.24. The van der Waals surface area contributed by atoms with Crippen LogP contribution in [0.15, 0.2) is 21.8 Å². The Morgan fingerprint density at radius 1 is 1.36 bits per heavy atom. The molecule has 1 unspecified atom stereocenters. The van der Waals surface area contributed by atoms with E-state index >= 15 is 0 Å². The van der Waals surface area contributed by atoms with Crippen molar-refractivity contribution in [1.29, 1.82) is 0 Å². The van der Waals surface area contributed by atoms with Crippen LogP contribution < -0.4 is 10.6 Å². The summed E-state index contributed by atoms with van der Waals surface area (Å²) in [6.07, 6.45) is 1.96. The fourth-order valence-corrected chi connectivity index (χ4v) is 2.95. The summed E-state index contributed by atoms with van der Waals surface area (Å²) in [4.78, 5) is 4.61. The van der Waals surface area contributed by atoms with Crippen molar-refractivity contribution < 1.29 is 5.11 Å². The van der Waals surface area contributed by atoms with Gasteiger partial charge in [0.15, 0.2) is 5.96 Å². The molecule has 4 nitrogen and oxygen atoms in total. The predicted octanol–water partition coefficient (Wildman–Crippen LogP) is 3.47. The van der Waals surface area contributed by atoms with Gasteiger partial charge in [0.05, 0.1) is 6.54 Å². The van der Waals surface area contributed by atoms with E-state index in [-0.39, 0.29) is 30.6 Å². The SMILES string of the molecule is CCNC(=NCc1ccsc1)NCC(CCO)CC(C)C.I. The van der Waals surface area contributed by atoms with Crippen molar-refractivity contribution in [2.45, 2.75) is 40.2 Å². The summed E-state index contributed by atoms with van der Waals surface area (Å²) in [6, 6.07) is 2.10. The van der Waals surface area contributed by atoms with Gasteiger partial charge in [-0.15, -0.1) is 24.0 Å². The molecular weight excluding hydrogens is 409 g/mol. The molecule has 0 saturated carbocycles. The summed E-state index contributed by atoms with van der Waals surface area (Å²) in [6.45, 7) is 9.18. The molecule has 0 radical (unpaired) electrons. The number of aliphatic hydroxyl groups is 1. The maximum absolute atomic E-state index is 9.17. The van der Waals surface area contributed by atoms with E-state index in [4.69, 9.17) is 0 Å². The molecule has 0 fully saturated rings. The average Bonchev–Trinajstić information content (AvgIpc) is 2.94. The second-order valence-corrected chi connectivity index (χ2v) is 6.50. The monoisotopic (exact) mass is 439 g/mol. The van der Waals surface area contributed by atoms with E-state index in [1.54, 1.807) is 11.3 Å². The van der Waals surface area contributed by atoms with Crippen LogP contribution in [-0.4, -0.2) is 30.8 Å². The highest BCUT2D eigenvalue weighted by Crippen LogP contribution is 2.14. The summed E-state index contributed by atoms with van der Waals surface area (Å²) < 4.78 is 0. The van der Waals surface area contributed by atoms with Crippen LogP contribution >= 0.6 is 35.3 Å². The Labute approximate surface area is 155 Å². The lowest BCUT2D eigenvalue weighted by Crippen LogP contribution is -2.40. The van der Waals surface area contributed by atoms with Crippen LogP contribution in [0.25, 0.3) is 0 Å². The van der Waals surface area contributed by atoms with Gasteiger partial charge < -0.3 is 15.7 Å². The minimum Gasteiger partial charge on any atom is -0.396 e. The first kappa shape index (κ1) is 21.7. The Hall–Kier alpha value is -0.340. The molecule has 0 aromatic carbocycles. The van der Waals surface area contributed by atoms with Gasteiger partial charge >= 0.3 is 0 Å². The fraction of sp³-hybridized carbons (Fsp3) is 0.688. The second kappa shape index (κ2) is 13.1. The zero-order valence-electron chi connectivity index (χ0n) is 13.8. The molecule has 0 aliphatic heterocycles. The number of hydrogen-bond donors (Lipinski definition) is 3. The van der Waals surface area contributed by atoms with E-state index < -0.39 is 0 Å². The largest absolute Gasteiger partial charge is 0.396 e. The van der Waals surface area contributed by atoms with Crippen LogP contribution in [0, 0.1) is 11.8 Å². The summed E-state index contributed by atoms with van der Waals surface area (Å²) >= 11 is 1.70. The van der Waals surface area contributed by atoms with E-state index in [2.05, 4.69) is 53.2 Å². The first-order valence-corrected chi connectivity index (χ1v) is 8.74. The van der Waals surface area contributed by atoms with Gasteiger partial charge in [-0.2, -0.15) is 11.3 Å². The number of aliphatic hydroxyl groups excluding tert-OH is 1. The summed E-state index contributed by atoms with van der Waals surface area (Å²) in [5.74, 6) is 1.99. The predicted molar refractivity (Wildman–Crippen MR) is 107 cm³/mol.